The predicted octanol–water partition coefficient (Wildman–Crippen LogP) is 18.5. The molecule has 0 aliphatic carbocycles. The van der Waals surface area contributed by atoms with Crippen molar-refractivity contribution in [2.24, 2.45) is 0 Å². The van der Waals surface area contributed by atoms with E-state index in [-0.39, 0.29) is 0 Å². The SMILES string of the molecule is c1ccc(-c2ccc(-c3cc(-c4ccc(-c5ccccc5)cc4)cc(-c4ccc(-c5ccc(N(c6ccc(-c7ccccc7)cc6)c6ccc(-c7ccccc7)cc6)cc5)cc4)c3)cc2)cc1. The lowest BCUT2D eigenvalue weighted by atomic mass is 9.91. The van der Waals surface area contributed by atoms with E-state index in [4.69, 9.17) is 0 Å². The van der Waals surface area contributed by atoms with Gasteiger partial charge < -0.3 is 4.90 Å². The first kappa shape index (κ1) is 41.0. The van der Waals surface area contributed by atoms with Crippen LogP contribution in [0.3, 0.4) is 0 Å². The second-order valence-corrected chi connectivity index (χ2v) is 17.0. The first-order valence-electron chi connectivity index (χ1n) is 23.0. The van der Waals surface area contributed by atoms with Crippen LogP contribution in [0.5, 0.6) is 0 Å². The molecule has 0 atom stereocenters. The Hall–Kier alpha value is -8.78. The van der Waals surface area contributed by atoms with Crippen LogP contribution in [-0.4, -0.2) is 0 Å². The largest absolute Gasteiger partial charge is 0.311 e. The second-order valence-electron chi connectivity index (χ2n) is 17.0. The van der Waals surface area contributed by atoms with Crippen LogP contribution in [0.25, 0.3) is 89.0 Å². The van der Waals surface area contributed by atoms with Gasteiger partial charge in [-0.05, 0) is 144 Å². The molecule has 0 fully saturated rings. The van der Waals surface area contributed by atoms with Crippen molar-refractivity contribution in [2.45, 2.75) is 0 Å². The topological polar surface area (TPSA) is 3.24 Å². The molecule has 316 valence electrons. The predicted molar refractivity (Wildman–Crippen MR) is 285 cm³/mol. The van der Waals surface area contributed by atoms with Crippen LogP contribution in [0.1, 0.15) is 0 Å². The number of benzene rings is 11. The summed E-state index contributed by atoms with van der Waals surface area (Å²) in [7, 11) is 0. The van der Waals surface area contributed by atoms with Crippen LogP contribution < -0.4 is 4.90 Å². The van der Waals surface area contributed by atoms with E-state index in [1.165, 1.54) is 89.0 Å². The average Bonchev–Trinajstić information content (AvgIpc) is 3.42. The lowest BCUT2D eigenvalue weighted by Crippen LogP contribution is -2.09. The monoisotopic (exact) mass is 853 g/mol. The molecule has 11 rings (SSSR count). The molecule has 1 heteroatoms. The molecule has 0 amide bonds. The van der Waals surface area contributed by atoms with Crippen molar-refractivity contribution < 1.29 is 0 Å². The number of nitrogens with zero attached hydrogens (tertiary/aromatic N) is 1. The average molecular weight is 854 g/mol. The Kier molecular flexibility index (Phi) is 11.5. The molecule has 0 unspecified atom stereocenters. The summed E-state index contributed by atoms with van der Waals surface area (Å²) < 4.78 is 0. The van der Waals surface area contributed by atoms with Crippen molar-refractivity contribution in [3.05, 3.63) is 285 Å². The van der Waals surface area contributed by atoms with E-state index in [2.05, 4.69) is 290 Å². The first-order valence-corrected chi connectivity index (χ1v) is 23.0. The van der Waals surface area contributed by atoms with Crippen LogP contribution in [0.4, 0.5) is 17.1 Å². The molecule has 0 spiro atoms. The number of hydrogen-bond acceptors (Lipinski definition) is 1. The summed E-state index contributed by atoms with van der Waals surface area (Å²) in [6.07, 6.45) is 0. The van der Waals surface area contributed by atoms with E-state index >= 15 is 0 Å². The van der Waals surface area contributed by atoms with Crippen molar-refractivity contribution in [1.29, 1.82) is 0 Å². The maximum absolute atomic E-state index is 2.34. The highest BCUT2D eigenvalue weighted by molar-refractivity contribution is 5.85. The zero-order valence-electron chi connectivity index (χ0n) is 37.1. The Morgan fingerprint density at radius 2 is 0.284 bits per heavy atom. The minimum absolute atomic E-state index is 1.10. The summed E-state index contributed by atoms with van der Waals surface area (Å²) in [5.74, 6) is 0. The van der Waals surface area contributed by atoms with Crippen molar-refractivity contribution in [3.8, 4) is 89.0 Å². The van der Waals surface area contributed by atoms with E-state index in [0.717, 1.165) is 17.1 Å². The highest BCUT2D eigenvalue weighted by atomic mass is 15.1. The molecule has 1 nitrogen and oxygen atoms in total. The molecule has 0 N–H and O–H groups in total. The van der Waals surface area contributed by atoms with Gasteiger partial charge in [-0.25, -0.2) is 0 Å². The lowest BCUT2D eigenvalue weighted by molar-refractivity contribution is 1.28. The maximum atomic E-state index is 2.34. The molecule has 0 aliphatic heterocycles. The first-order chi connectivity index (χ1) is 33.2. The van der Waals surface area contributed by atoms with Crippen LogP contribution in [0.15, 0.2) is 285 Å². The summed E-state index contributed by atoms with van der Waals surface area (Å²) in [5, 5.41) is 0. The zero-order valence-corrected chi connectivity index (χ0v) is 37.1. The normalized spacial score (nSPS) is 11.0. The maximum Gasteiger partial charge on any atom is 0.0462 e. The smallest absolute Gasteiger partial charge is 0.0462 e. The molecular weight excluding hydrogens is 807 g/mol. The van der Waals surface area contributed by atoms with E-state index in [1.54, 1.807) is 0 Å². The van der Waals surface area contributed by atoms with Gasteiger partial charge in [-0.2, -0.15) is 0 Å². The van der Waals surface area contributed by atoms with Crippen LogP contribution >= 0.6 is 0 Å². The molecule has 0 aromatic heterocycles. The standard InChI is InChI=1S/C66H47N/c1-5-13-48(14-6-1)52-21-27-58(28-22-52)61-45-62(59-29-23-53(24-30-59)49-15-7-2-8-16-49)47-63(46-61)60-31-25-54(26-32-60)57-37-43-66(44-38-57)67(64-39-33-55(34-40-64)50-17-9-3-10-18-50)65-41-35-56(36-42-65)51-19-11-4-12-20-51/h1-47H. The van der Waals surface area contributed by atoms with Gasteiger partial charge >= 0.3 is 0 Å². The van der Waals surface area contributed by atoms with Crippen LogP contribution in [0.2, 0.25) is 0 Å². The number of anilines is 3. The Bertz CT molecular complexity index is 3160. The van der Waals surface area contributed by atoms with Crippen LogP contribution in [0, 0.1) is 0 Å². The fourth-order valence-electron chi connectivity index (χ4n) is 9.07. The van der Waals surface area contributed by atoms with E-state index in [9.17, 15) is 0 Å². The minimum Gasteiger partial charge on any atom is -0.311 e. The molecule has 11 aromatic carbocycles. The third-order valence-corrected chi connectivity index (χ3v) is 12.7. The summed E-state index contributed by atoms with van der Waals surface area (Å²) in [6.45, 7) is 0. The third-order valence-electron chi connectivity index (χ3n) is 12.7. The van der Waals surface area contributed by atoms with Gasteiger partial charge in [0.25, 0.3) is 0 Å². The summed E-state index contributed by atoms with van der Waals surface area (Å²) in [5.41, 5.74) is 22.4. The van der Waals surface area contributed by atoms with Gasteiger partial charge in [-0.3, -0.25) is 0 Å². The second kappa shape index (κ2) is 18.7. The van der Waals surface area contributed by atoms with Gasteiger partial charge in [0.1, 0.15) is 0 Å². The Morgan fingerprint density at radius 3 is 0.478 bits per heavy atom. The molecule has 0 radical (unpaired) electrons. The van der Waals surface area contributed by atoms with Crippen molar-refractivity contribution in [2.75, 3.05) is 4.90 Å². The van der Waals surface area contributed by atoms with Crippen molar-refractivity contribution >= 4 is 17.1 Å². The van der Waals surface area contributed by atoms with Crippen molar-refractivity contribution in [3.63, 3.8) is 0 Å². The molecule has 0 saturated heterocycles. The highest BCUT2D eigenvalue weighted by Gasteiger charge is 2.15. The third kappa shape index (κ3) is 9.00. The summed E-state index contributed by atoms with van der Waals surface area (Å²) in [4.78, 5) is 2.34. The molecule has 0 heterocycles. The minimum atomic E-state index is 1.10. The lowest BCUT2D eigenvalue weighted by Gasteiger charge is -2.26. The van der Waals surface area contributed by atoms with Gasteiger partial charge in [0, 0.05) is 17.1 Å². The summed E-state index contributed by atoms with van der Waals surface area (Å²) >= 11 is 0. The van der Waals surface area contributed by atoms with Gasteiger partial charge in [-0.15, -0.1) is 0 Å². The molecular formula is C66H47N. The van der Waals surface area contributed by atoms with E-state index in [1.807, 2.05) is 0 Å². The Morgan fingerprint density at radius 1 is 0.134 bits per heavy atom. The molecule has 67 heavy (non-hydrogen) atoms. The van der Waals surface area contributed by atoms with Gasteiger partial charge in [0.2, 0.25) is 0 Å². The van der Waals surface area contributed by atoms with Gasteiger partial charge in [-0.1, -0.05) is 231 Å². The summed E-state index contributed by atoms with van der Waals surface area (Å²) in [6, 6.07) is 103. The number of rotatable bonds is 11. The van der Waals surface area contributed by atoms with E-state index < -0.39 is 0 Å². The fraction of sp³-hybridized carbons (Fsp3) is 0. The van der Waals surface area contributed by atoms with Crippen molar-refractivity contribution in [1.82, 2.24) is 0 Å². The molecule has 0 aliphatic rings. The quantitative estimate of drug-likeness (QED) is 0.125. The molecule has 0 bridgehead atoms. The zero-order chi connectivity index (χ0) is 44.8. The highest BCUT2D eigenvalue weighted by Crippen LogP contribution is 2.39. The van der Waals surface area contributed by atoms with Crippen LogP contribution in [-0.2, 0) is 0 Å². The molecule has 0 saturated carbocycles. The molecule has 11 aromatic rings. The Balaban J connectivity index is 0.905. The Labute approximate surface area is 394 Å². The van der Waals surface area contributed by atoms with Gasteiger partial charge in [0.15, 0.2) is 0 Å². The fourth-order valence-corrected chi connectivity index (χ4v) is 9.07. The van der Waals surface area contributed by atoms with Gasteiger partial charge in [0.05, 0.1) is 0 Å². The van der Waals surface area contributed by atoms with E-state index in [0.29, 0.717) is 0 Å². The number of hydrogen-bond donors (Lipinski definition) is 0.